The number of hydrogen-bond acceptors (Lipinski definition) is 2. The fourth-order valence-electron chi connectivity index (χ4n) is 1.85. The van der Waals surface area contributed by atoms with Crippen LogP contribution < -0.4 is 5.32 Å². The fraction of sp³-hybridized carbons (Fsp3) is 0.286. The van der Waals surface area contributed by atoms with Gasteiger partial charge in [0.25, 0.3) is 0 Å². The fourth-order valence-corrected chi connectivity index (χ4v) is 3.33. The lowest BCUT2D eigenvalue weighted by Gasteiger charge is -2.16. The lowest BCUT2D eigenvalue weighted by Crippen LogP contribution is -2.19. The molecule has 0 saturated heterocycles. The number of benzene rings is 1. The van der Waals surface area contributed by atoms with Gasteiger partial charge in [0, 0.05) is 27.0 Å². The Morgan fingerprint density at radius 2 is 2.22 bits per heavy atom. The van der Waals surface area contributed by atoms with Gasteiger partial charge < -0.3 is 5.32 Å². The third kappa shape index (κ3) is 3.58. The number of thiophene rings is 1. The summed E-state index contributed by atoms with van der Waals surface area (Å²) in [5, 5.41) is 6.49. The van der Waals surface area contributed by atoms with Gasteiger partial charge in [-0.2, -0.15) is 0 Å². The normalized spacial score (nSPS) is 12.6. The highest BCUT2D eigenvalue weighted by molar-refractivity contribution is 9.10. The average molecular weight is 345 g/mol. The Labute approximate surface area is 125 Å². The second-order valence-electron chi connectivity index (χ2n) is 4.09. The van der Waals surface area contributed by atoms with Crippen LogP contribution in [0.3, 0.4) is 0 Å². The van der Waals surface area contributed by atoms with Crippen LogP contribution in [0.25, 0.3) is 0 Å². The molecule has 1 aromatic carbocycles. The first-order chi connectivity index (χ1) is 8.70. The highest BCUT2D eigenvalue weighted by atomic mass is 79.9. The van der Waals surface area contributed by atoms with Crippen molar-refractivity contribution in [3.8, 4) is 0 Å². The van der Waals surface area contributed by atoms with Crippen LogP contribution in [-0.4, -0.2) is 0 Å². The smallest absolute Gasteiger partial charge is 0.0451 e. The summed E-state index contributed by atoms with van der Waals surface area (Å²) in [7, 11) is 0. The van der Waals surface area contributed by atoms with Crippen LogP contribution in [0.15, 0.2) is 40.2 Å². The van der Waals surface area contributed by atoms with E-state index in [-0.39, 0.29) is 0 Å². The SMILES string of the molecule is CCC(NCc1cc(Br)ccc1Cl)c1cccs1. The molecule has 0 saturated carbocycles. The summed E-state index contributed by atoms with van der Waals surface area (Å²) in [5.74, 6) is 0. The summed E-state index contributed by atoms with van der Waals surface area (Å²) in [5.41, 5.74) is 1.13. The minimum atomic E-state index is 0.403. The van der Waals surface area contributed by atoms with E-state index in [1.807, 2.05) is 12.1 Å². The number of nitrogens with one attached hydrogen (secondary N) is 1. The van der Waals surface area contributed by atoms with Crippen molar-refractivity contribution >= 4 is 38.9 Å². The predicted octanol–water partition coefficient (Wildman–Crippen LogP) is 5.40. The van der Waals surface area contributed by atoms with Gasteiger partial charge in [0.05, 0.1) is 0 Å². The largest absolute Gasteiger partial charge is 0.305 e. The van der Waals surface area contributed by atoms with Gasteiger partial charge in [-0.15, -0.1) is 11.3 Å². The highest BCUT2D eigenvalue weighted by Crippen LogP contribution is 2.24. The molecule has 96 valence electrons. The Balaban J connectivity index is 2.04. The van der Waals surface area contributed by atoms with Crippen molar-refractivity contribution in [2.75, 3.05) is 0 Å². The summed E-state index contributed by atoms with van der Waals surface area (Å²) in [6.45, 7) is 2.98. The van der Waals surface area contributed by atoms with Crippen LogP contribution in [0.5, 0.6) is 0 Å². The van der Waals surface area contributed by atoms with Crippen molar-refractivity contribution in [2.45, 2.75) is 25.9 Å². The molecule has 0 amide bonds. The molecule has 4 heteroatoms. The van der Waals surface area contributed by atoms with Crippen molar-refractivity contribution < 1.29 is 0 Å². The molecule has 2 aromatic rings. The van der Waals surface area contributed by atoms with E-state index in [0.717, 1.165) is 28.0 Å². The molecule has 2 rings (SSSR count). The van der Waals surface area contributed by atoms with Crippen LogP contribution in [0.2, 0.25) is 5.02 Å². The topological polar surface area (TPSA) is 12.0 Å². The zero-order valence-electron chi connectivity index (χ0n) is 10.1. The maximum Gasteiger partial charge on any atom is 0.0451 e. The van der Waals surface area contributed by atoms with E-state index >= 15 is 0 Å². The molecule has 0 spiro atoms. The summed E-state index contributed by atoms with van der Waals surface area (Å²) in [6, 6.07) is 10.6. The molecule has 0 aliphatic carbocycles. The Morgan fingerprint density at radius 3 is 2.89 bits per heavy atom. The first-order valence-electron chi connectivity index (χ1n) is 5.91. The number of halogens is 2. The molecule has 0 bridgehead atoms. The Kier molecular flexibility index (Phi) is 5.25. The maximum atomic E-state index is 6.19. The summed E-state index contributed by atoms with van der Waals surface area (Å²) < 4.78 is 1.06. The van der Waals surface area contributed by atoms with Crippen molar-refractivity contribution in [3.63, 3.8) is 0 Å². The lowest BCUT2D eigenvalue weighted by atomic mass is 10.1. The standard InChI is InChI=1S/C14H15BrClNS/c1-2-13(14-4-3-7-18-14)17-9-10-8-11(15)5-6-12(10)16/h3-8,13,17H,2,9H2,1H3. The Bertz CT molecular complexity index is 499. The van der Waals surface area contributed by atoms with Gasteiger partial charge in [-0.25, -0.2) is 0 Å². The Morgan fingerprint density at radius 1 is 1.39 bits per heavy atom. The van der Waals surface area contributed by atoms with Crippen molar-refractivity contribution in [1.82, 2.24) is 5.32 Å². The van der Waals surface area contributed by atoms with Gasteiger partial charge in [0.2, 0.25) is 0 Å². The third-order valence-corrected chi connectivity index (χ3v) is 4.69. The van der Waals surface area contributed by atoms with Crippen LogP contribution in [0.1, 0.15) is 29.8 Å². The molecule has 1 nitrogen and oxygen atoms in total. The maximum absolute atomic E-state index is 6.19. The van der Waals surface area contributed by atoms with E-state index in [9.17, 15) is 0 Å². The van der Waals surface area contributed by atoms with Gasteiger partial charge in [0.15, 0.2) is 0 Å². The quantitative estimate of drug-likeness (QED) is 0.765. The minimum absolute atomic E-state index is 0.403. The minimum Gasteiger partial charge on any atom is -0.305 e. The van der Waals surface area contributed by atoms with Gasteiger partial charge in [-0.3, -0.25) is 0 Å². The average Bonchev–Trinajstić information content (AvgIpc) is 2.88. The molecule has 1 N–H and O–H groups in total. The van der Waals surface area contributed by atoms with Crippen LogP contribution in [0.4, 0.5) is 0 Å². The molecule has 0 fully saturated rings. The summed E-state index contributed by atoms with van der Waals surface area (Å²) >= 11 is 11.5. The molecule has 1 aromatic heterocycles. The second kappa shape index (κ2) is 6.71. The van der Waals surface area contributed by atoms with Gasteiger partial charge >= 0.3 is 0 Å². The monoisotopic (exact) mass is 343 g/mol. The van der Waals surface area contributed by atoms with Crippen LogP contribution >= 0.6 is 38.9 Å². The Hall–Kier alpha value is -0.350. The number of hydrogen-bond donors (Lipinski definition) is 1. The molecule has 0 radical (unpaired) electrons. The molecule has 0 aliphatic heterocycles. The van der Waals surface area contributed by atoms with Gasteiger partial charge in [0.1, 0.15) is 0 Å². The third-order valence-electron chi connectivity index (χ3n) is 2.84. The van der Waals surface area contributed by atoms with Gasteiger partial charge in [-0.1, -0.05) is 40.5 Å². The molecular formula is C14H15BrClNS. The first-order valence-corrected chi connectivity index (χ1v) is 7.96. The highest BCUT2D eigenvalue weighted by Gasteiger charge is 2.10. The zero-order valence-corrected chi connectivity index (χ0v) is 13.3. The van der Waals surface area contributed by atoms with Crippen LogP contribution in [-0.2, 0) is 6.54 Å². The molecule has 18 heavy (non-hydrogen) atoms. The van der Waals surface area contributed by atoms with Crippen molar-refractivity contribution in [2.24, 2.45) is 0 Å². The summed E-state index contributed by atoms with van der Waals surface area (Å²) in [6.07, 6.45) is 1.08. The second-order valence-corrected chi connectivity index (χ2v) is 6.40. The summed E-state index contributed by atoms with van der Waals surface area (Å²) in [4.78, 5) is 1.38. The van der Waals surface area contributed by atoms with Gasteiger partial charge in [-0.05, 0) is 41.6 Å². The van der Waals surface area contributed by atoms with E-state index < -0.39 is 0 Å². The van der Waals surface area contributed by atoms with E-state index in [0.29, 0.717) is 6.04 Å². The van der Waals surface area contributed by atoms with E-state index in [4.69, 9.17) is 11.6 Å². The van der Waals surface area contributed by atoms with E-state index in [1.54, 1.807) is 11.3 Å². The molecule has 0 aliphatic rings. The van der Waals surface area contributed by atoms with E-state index in [1.165, 1.54) is 4.88 Å². The van der Waals surface area contributed by atoms with Crippen LogP contribution in [0, 0.1) is 0 Å². The first kappa shape index (κ1) is 14.1. The number of rotatable bonds is 5. The molecule has 1 atom stereocenters. The van der Waals surface area contributed by atoms with E-state index in [2.05, 4.69) is 51.7 Å². The van der Waals surface area contributed by atoms with Crippen molar-refractivity contribution in [1.29, 1.82) is 0 Å². The van der Waals surface area contributed by atoms with Crippen molar-refractivity contribution in [3.05, 3.63) is 55.6 Å². The molecule has 1 unspecified atom stereocenters. The predicted molar refractivity (Wildman–Crippen MR) is 83.3 cm³/mol. The molecular weight excluding hydrogens is 330 g/mol. The lowest BCUT2D eigenvalue weighted by molar-refractivity contribution is 0.526. The zero-order chi connectivity index (χ0) is 13.0. The molecule has 1 heterocycles.